The van der Waals surface area contributed by atoms with E-state index in [1.54, 1.807) is 18.7 Å². The Kier molecular flexibility index (Phi) is 4.37. The van der Waals surface area contributed by atoms with E-state index < -0.39 is 0 Å². The van der Waals surface area contributed by atoms with Gasteiger partial charge in [-0.2, -0.15) is 9.61 Å². The number of ether oxygens (including phenoxy) is 2. The van der Waals surface area contributed by atoms with Crippen LogP contribution in [-0.4, -0.2) is 34.0 Å². The van der Waals surface area contributed by atoms with Crippen LogP contribution in [0.3, 0.4) is 0 Å². The first-order chi connectivity index (χ1) is 12.8. The molecule has 0 aliphatic heterocycles. The summed E-state index contributed by atoms with van der Waals surface area (Å²) in [4.78, 5) is 0.738. The number of rotatable bonds is 5. The summed E-state index contributed by atoms with van der Waals surface area (Å²) in [5.74, 6) is 2.28. The molecule has 0 aliphatic carbocycles. The summed E-state index contributed by atoms with van der Waals surface area (Å²) in [6.07, 6.45) is 3.93. The molecular formula is C19H16N4O2S. The van der Waals surface area contributed by atoms with E-state index in [0.29, 0.717) is 5.82 Å². The number of nitrogens with zero attached hydrogens (tertiary/aromatic N) is 4. The highest BCUT2D eigenvalue weighted by Crippen LogP contribution is 2.26. The van der Waals surface area contributed by atoms with Gasteiger partial charge in [-0.1, -0.05) is 41.7 Å². The van der Waals surface area contributed by atoms with E-state index in [9.17, 15) is 0 Å². The molecular weight excluding hydrogens is 348 g/mol. The predicted octanol–water partition coefficient (Wildman–Crippen LogP) is 4.04. The summed E-state index contributed by atoms with van der Waals surface area (Å²) in [6, 6.07) is 15.5. The summed E-state index contributed by atoms with van der Waals surface area (Å²) >= 11 is 1.47. The lowest BCUT2D eigenvalue weighted by molar-refractivity contribution is 0.414. The fraction of sp³-hybridized carbons (Fsp3) is 0.105. The van der Waals surface area contributed by atoms with Gasteiger partial charge in [0.05, 0.1) is 14.2 Å². The van der Waals surface area contributed by atoms with E-state index in [1.807, 2.05) is 60.7 Å². The molecule has 2 aromatic carbocycles. The average Bonchev–Trinajstić information content (AvgIpc) is 3.27. The van der Waals surface area contributed by atoms with Crippen molar-refractivity contribution in [3.8, 4) is 22.9 Å². The van der Waals surface area contributed by atoms with E-state index in [4.69, 9.17) is 9.47 Å². The first-order valence-electron chi connectivity index (χ1n) is 7.96. The van der Waals surface area contributed by atoms with Crippen molar-refractivity contribution in [1.82, 2.24) is 19.8 Å². The van der Waals surface area contributed by atoms with Crippen LogP contribution in [0, 0.1) is 0 Å². The lowest BCUT2D eigenvalue weighted by Gasteiger charge is -2.02. The largest absolute Gasteiger partial charge is 0.497 e. The van der Waals surface area contributed by atoms with E-state index in [0.717, 1.165) is 32.6 Å². The SMILES string of the molecule is COc1cccc(-c2nnc3sc(/C=C/c4ccccc4OC)nn23)c1. The van der Waals surface area contributed by atoms with Gasteiger partial charge in [0.2, 0.25) is 4.96 Å². The van der Waals surface area contributed by atoms with Gasteiger partial charge in [0.25, 0.3) is 0 Å². The molecule has 7 heteroatoms. The lowest BCUT2D eigenvalue weighted by Crippen LogP contribution is -1.91. The number of fused-ring (bicyclic) bond motifs is 1. The van der Waals surface area contributed by atoms with Crippen LogP contribution in [-0.2, 0) is 0 Å². The quantitative estimate of drug-likeness (QED) is 0.535. The third-order valence-electron chi connectivity index (χ3n) is 3.88. The molecule has 0 radical (unpaired) electrons. The molecule has 26 heavy (non-hydrogen) atoms. The van der Waals surface area contributed by atoms with Crippen LogP contribution < -0.4 is 9.47 Å². The summed E-state index contributed by atoms with van der Waals surface area (Å²) in [7, 11) is 3.30. The molecule has 0 atom stereocenters. The number of aromatic nitrogens is 4. The minimum atomic E-state index is 0.687. The van der Waals surface area contributed by atoms with Crippen LogP contribution in [0.4, 0.5) is 0 Å². The predicted molar refractivity (Wildman–Crippen MR) is 103 cm³/mol. The molecule has 4 rings (SSSR count). The molecule has 4 aromatic rings. The van der Waals surface area contributed by atoms with Gasteiger partial charge in [0.15, 0.2) is 5.82 Å². The standard InChI is InChI=1S/C19H16N4O2S/c1-24-15-8-5-7-14(12-15)18-20-21-19-23(18)22-17(26-19)11-10-13-6-3-4-9-16(13)25-2/h3-12H,1-2H3/b11-10+. The van der Waals surface area contributed by atoms with Crippen LogP contribution >= 0.6 is 11.3 Å². The summed E-state index contributed by atoms with van der Waals surface area (Å²) in [5, 5.41) is 13.9. The zero-order chi connectivity index (χ0) is 17.9. The molecule has 2 aromatic heterocycles. The zero-order valence-electron chi connectivity index (χ0n) is 14.3. The van der Waals surface area contributed by atoms with Gasteiger partial charge in [0, 0.05) is 11.1 Å². The van der Waals surface area contributed by atoms with E-state index in [-0.39, 0.29) is 0 Å². The monoisotopic (exact) mass is 364 g/mol. The maximum Gasteiger partial charge on any atom is 0.235 e. The van der Waals surface area contributed by atoms with Crippen LogP contribution in [0.25, 0.3) is 28.5 Å². The second kappa shape index (κ2) is 6.97. The molecule has 0 aliphatic rings. The molecule has 0 fully saturated rings. The van der Waals surface area contributed by atoms with Gasteiger partial charge >= 0.3 is 0 Å². The second-order valence-electron chi connectivity index (χ2n) is 5.47. The van der Waals surface area contributed by atoms with Gasteiger partial charge in [-0.3, -0.25) is 0 Å². The molecule has 6 nitrogen and oxygen atoms in total. The summed E-state index contributed by atoms with van der Waals surface area (Å²) in [6.45, 7) is 0. The third kappa shape index (κ3) is 3.04. The van der Waals surface area contributed by atoms with Gasteiger partial charge < -0.3 is 9.47 Å². The minimum Gasteiger partial charge on any atom is -0.497 e. The molecule has 0 amide bonds. The fourth-order valence-corrected chi connectivity index (χ4v) is 3.35. The Bertz CT molecular complexity index is 1080. The Hall–Kier alpha value is -3.19. The molecule has 0 unspecified atom stereocenters. The smallest absolute Gasteiger partial charge is 0.235 e. The van der Waals surface area contributed by atoms with Gasteiger partial charge in [-0.05, 0) is 30.4 Å². The number of hydrogen-bond donors (Lipinski definition) is 0. The van der Waals surface area contributed by atoms with Crippen molar-refractivity contribution in [3.05, 3.63) is 59.1 Å². The summed E-state index contributed by atoms with van der Waals surface area (Å²) < 4.78 is 12.4. The number of benzene rings is 2. The van der Waals surface area contributed by atoms with Crippen molar-refractivity contribution >= 4 is 28.4 Å². The van der Waals surface area contributed by atoms with E-state index in [2.05, 4.69) is 15.3 Å². The molecule has 0 spiro atoms. The Balaban J connectivity index is 1.68. The molecule has 0 saturated carbocycles. The van der Waals surface area contributed by atoms with Crippen molar-refractivity contribution in [3.63, 3.8) is 0 Å². The van der Waals surface area contributed by atoms with Crippen LogP contribution in [0.2, 0.25) is 0 Å². The van der Waals surface area contributed by atoms with Crippen molar-refractivity contribution in [2.75, 3.05) is 14.2 Å². The minimum absolute atomic E-state index is 0.687. The molecule has 0 saturated heterocycles. The maximum absolute atomic E-state index is 5.37. The van der Waals surface area contributed by atoms with E-state index >= 15 is 0 Å². The topological polar surface area (TPSA) is 61.5 Å². The molecule has 0 bridgehead atoms. The first-order valence-corrected chi connectivity index (χ1v) is 8.78. The fourth-order valence-electron chi connectivity index (χ4n) is 2.61. The van der Waals surface area contributed by atoms with Crippen molar-refractivity contribution in [2.24, 2.45) is 0 Å². The van der Waals surface area contributed by atoms with Crippen LogP contribution in [0.1, 0.15) is 10.6 Å². The third-order valence-corrected chi connectivity index (χ3v) is 4.74. The van der Waals surface area contributed by atoms with Crippen molar-refractivity contribution < 1.29 is 9.47 Å². The van der Waals surface area contributed by atoms with Crippen LogP contribution in [0.15, 0.2) is 48.5 Å². The van der Waals surface area contributed by atoms with E-state index in [1.165, 1.54) is 11.3 Å². The number of para-hydroxylation sites is 1. The highest BCUT2D eigenvalue weighted by atomic mass is 32.1. The highest BCUT2D eigenvalue weighted by molar-refractivity contribution is 7.17. The van der Waals surface area contributed by atoms with Gasteiger partial charge in [-0.15, -0.1) is 10.2 Å². The van der Waals surface area contributed by atoms with Gasteiger partial charge in [-0.25, -0.2) is 0 Å². The van der Waals surface area contributed by atoms with Crippen LogP contribution in [0.5, 0.6) is 11.5 Å². The zero-order valence-corrected chi connectivity index (χ0v) is 15.1. The van der Waals surface area contributed by atoms with Crippen molar-refractivity contribution in [1.29, 1.82) is 0 Å². The molecule has 0 N–H and O–H groups in total. The first kappa shape index (κ1) is 16.3. The summed E-state index contributed by atoms with van der Waals surface area (Å²) in [5.41, 5.74) is 1.90. The van der Waals surface area contributed by atoms with Crippen molar-refractivity contribution in [2.45, 2.75) is 0 Å². The Morgan fingerprint density at radius 2 is 1.85 bits per heavy atom. The number of methoxy groups -OCH3 is 2. The Morgan fingerprint density at radius 3 is 2.69 bits per heavy atom. The Morgan fingerprint density at radius 1 is 0.962 bits per heavy atom. The molecule has 130 valence electrons. The highest BCUT2D eigenvalue weighted by Gasteiger charge is 2.13. The maximum atomic E-state index is 5.37. The average molecular weight is 364 g/mol. The second-order valence-corrected chi connectivity index (χ2v) is 6.45. The number of hydrogen-bond acceptors (Lipinski definition) is 6. The lowest BCUT2D eigenvalue weighted by atomic mass is 10.2. The Labute approximate surface area is 154 Å². The van der Waals surface area contributed by atoms with Gasteiger partial charge in [0.1, 0.15) is 16.5 Å². The normalized spacial score (nSPS) is 11.3. The molecule has 2 heterocycles.